The first kappa shape index (κ1) is 6.60. The molecule has 3 nitrogen and oxygen atoms in total. The van der Waals surface area contributed by atoms with Gasteiger partial charge in [-0.25, -0.2) is 9.98 Å². The Hall–Kier alpha value is -1.90. The minimum atomic E-state index is 0.933. The zero-order valence-electron chi connectivity index (χ0n) is 6.88. The minimum absolute atomic E-state index is 0.933. The van der Waals surface area contributed by atoms with Gasteiger partial charge in [-0.3, -0.25) is 4.90 Å². The van der Waals surface area contributed by atoms with Gasteiger partial charge in [-0.2, -0.15) is 0 Å². The summed E-state index contributed by atoms with van der Waals surface area (Å²) in [6, 6.07) is 0. The molecule has 0 atom stereocenters. The van der Waals surface area contributed by atoms with Crippen molar-refractivity contribution in [1.82, 2.24) is 4.90 Å². The van der Waals surface area contributed by atoms with Gasteiger partial charge in [0.15, 0.2) is 0 Å². The smallest absolute Gasteiger partial charge is 0.138 e. The number of rotatable bonds is 0. The molecule has 3 rings (SSSR count). The van der Waals surface area contributed by atoms with Crippen LogP contribution in [0.3, 0.4) is 0 Å². The Bertz CT molecular complexity index is 367. The molecule has 0 unspecified atom stereocenters. The largest absolute Gasteiger partial charge is 0.279 e. The van der Waals surface area contributed by atoms with Crippen LogP contribution in [0.5, 0.6) is 0 Å². The van der Waals surface area contributed by atoms with Crippen LogP contribution in [0.15, 0.2) is 58.1 Å². The van der Waals surface area contributed by atoms with Gasteiger partial charge in [0.1, 0.15) is 11.7 Å². The maximum atomic E-state index is 4.25. The molecule has 0 aromatic heterocycles. The molecule has 3 heterocycles. The van der Waals surface area contributed by atoms with Crippen molar-refractivity contribution in [3.63, 3.8) is 0 Å². The average Bonchev–Trinajstić information content (AvgIpc) is 2.19. The standard InChI is InChI=1S/C10H7N3/c1-2-9-11-6-4-8-5-7-12-10(3-1)13(8)9/h1-7H. The Balaban J connectivity index is 2.23. The summed E-state index contributed by atoms with van der Waals surface area (Å²) in [6.07, 6.45) is 13.5. The Morgan fingerprint density at radius 2 is 2.15 bits per heavy atom. The fourth-order valence-corrected chi connectivity index (χ4v) is 1.54. The second-order valence-electron chi connectivity index (χ2n) is 2.89. The van der Waals surface area contributed by atoms with E-state index in [2.05, 4.69) is 9.98 Å². The van der Waals surface area contributed by atoms with Crippen molar-refractivity contribution in [2.75, 3.05) is 0 Å². The predicted octanol–water partition coefficient (Wildman–Crippen LogP) is 1.59. The van der Waals surface area contributed by atoms with Crippen molar-refractivity contribution >= 4 is 12.1 Å². The van der Waals surface area contributed by atoms with E-state index in [0.29, 0.717) is 0 Å². The highest BCUT2D eigenvalue weighted by molar-refractivity contribution is 6.00. The van der Waals surface area contributed by atoms with E-state index in [0.717, 1.165) is 17.4 Å². The van der Waals surface area contributed by atoms with Gasteiger partial charge >= 0.3 is 0 Å². The molecule has 0 spiro atoms. The number of nitrogens with zero attached hydrogens (tertiary/aromatic N) is 3. The molecule has 13 heavy (non-hydrogen) atoms. The molecule has 3 aliphatic rings. The summed E-state index contributed by atoms with van der Waals surface area (Å²) in [5.41, 5.74) is 1.12. The normalized spacial score (nSPS) is 22.2. The molecule has 0 radical (unpaired) electrons. The van der Waals surface area contributed by atoms with E-state index < -0.39 is 0 Å². The maximum Gasteiger partial charge on any atom is 0.138 e. The summed E-state index contributed by atoms with van der Waals surface area (Å²) in [5.74, 6) is 1.87. The lowest BCUT2D eigenvalue weighted by Crippen LogP contribution is -2.31. The molecule has 0 N–H and O–H groups in total. The van der Waals surface area contributed by atoms with Crippen LogP contribution in [0.2, 0.25) is 0 Å². The Kier molecular flexibility index (Phi) is 1.16. The zero-order valence-corrected chi connectivity index (χ0v) is 6.88. The highest BCUT2D eigenvalue weighted by Crippen LogP contribution is 2.25. The van der Waals surface area contributed by atoms with E-state index in [1.807, 2.05) is 47.7 Å². The van der Waals surface area contributed by atoms with Crippen molar-refractivity contribution in [3.05, 3.63) is 48.1 Å². The zero-order chi connectivity index (χ0) is 8.67. The maximum absolute atomic E-state index is 4.25. The summed E-state index contributed by atoms with van der Waals surface area (Å²) in [5, 5.41) is 0. The number of amidine groups is 1. The third-order valence-electron chi connectivity index (χ3n) is 2.11. The van der Waals surface area contributed by atoms with Gasteiger partial charge in [0.2, 0.25) is 0 Å². The quantitative estimate of drug-likeness (QED) is 0.541. The van der Waals surface area contributed by atoms with Crippen LogP contribution >= 0.6 is 0 Å². The summed E-state index contributed by atoms with van der Waals surface area (Å²) >= 11 is 0. The van der Waals surface area contributed by atoms with Crippen molar-refractivity contribution in [2.24, 2.45) is 9.98 Å². The lowest BCUT2D eigenvalue weighted by Gasteiger charge is -2.30. The lowest BCUT2D eigenvalue weighted by atomic mass is 10.2. The lowest BCUT2D eigenvalue weighted by molar-refractivity contribution is 0.629. The summed E-state index contributed by atoms with van der Waals surface area (Å²) in [6.45, 7) is 0. The summed E-state index contributed by atoms with van der Waals surface area (Å²) < 4.78 is 0. The minimum Gasteiger partial charge on any atom is -0.279 e. The third kappa shape index (κ3) is 0.839. The van der Waals surface area contributed by atoms with Crippen LogP contribution in [-0.2, 0) is 0 Å². The fraction of sp³-hybridized carbons (Fsp3) is 0. The second kappa shape index (κ2) is 2.29. The van der Waals surface area contributed by atoms with Crippen molar-refractivity contribution < 1.29 is 0 Å². The fourth-order valence-electron chi connectivity index (χ4n) is 1.54. The van der Waals surface area contributed by atoms with Crippen LogP contribution in [-0.4, -0.2) is 17.0 Å². The molecule has 3 aliphatic heterocycles. The van der Waals surface area contributed by atoms with E-state index in [-0.39, 0.29) is 0 Å². The van der Waals surface area contributed by atoms with Gasteiger partial charge in [-0.05, 0) is 24.3 Å². The second-order valence-corrected chi connectivity index (χ2v) is 2.89. The first-order valence-corrected chi connectivity index (χ1v) is 4.12. The van der Waals surface area contributed by atoms with E-state index in [1.165, 1.54) is 0 Å². The molecular formula is C10H7N3. The van der Waals surface area contributed by atoms with Crippen LogP contribution in [0.1, 0.15) is 0 Å². The first-order chi connectivity index (χ1) is 6.45. The van der Waals surface area contributed by atoms with Crippen LogP contribution < -0.4 is 0 Å². The number of allylic oxidation sites excluding steroid dienone is 4. The van der Waals surface area contributed by atoms with Crippen LogP contribution in [0.4, 0.5) is 0 Å². The Labute approximate surface area is 75.8 Å². The van der Waals surface area contributed by atoms with Gasteiger partial charge in [0.25, 0.3) is 0 Å². The van der Waals surface area contributed by atoms with Gasteiger partial charge in [-0.1, -0.05) is 6.08 Å². The van der Waals surface area contributed by atoms with E-state index in [4.69, 9.17) is 0 Å². The van der Waals surface area contributed by atoms with E-state index >= 15 is 0 Å². The van der Waals surface area contributed by atoms with E-state index in [9.17, 15) is 0 Å². The summed E-state index contributed by atoms with van der Waals surface area (Å²) in [4.78, 5) is 10.5. The molecule has 3 heteroatoms. The molecule has 0 saturated heterocycles. The molecule has 62 valence electrons. The average molecular weight is 169 g/mol. The highest BCUT2D eigenvalue weighted by Gasteiger charge is 2.22. The molecular weight excluding hydrogens is 162 g/mol. The van der Waals surface area contributed by atoms with Gasteiger partial charge in [0, 0.05) is 12.4 Å². The molecule has 0 bridgehead atoms. The SMILES string of the molecule is C1=CC2=NC=CC3=CC=NC(=C1)N32. The monoisotopic (exact) mass is 169 g/mol. The number of hydrogen-bond acceptors (Lipinski definition) is 3. The Morgan fingerprint density at radius 3 is 3.15 bits per heavy atom. The molecule has 0 aliphatic carbocycles. The van der Waals surface area contributed by atoms with Crippen LogP contribution in [0, 0.1) is 0 Å². The van der Waals surface area contributed by atoms with Crippen molar-refractivity contribution in [2.45, 2.75) is 0 Å². The number of hydrogen-bond donors (Lipinski definition) is 0. The van der Waals surface area contributed by atoms with Gasteiger partial charge in [0.05, 0.1) is 5.70 Å². The van der Waals surface area contributed by atoms with Gasteiger partial charge in [-0.15, -0.1) is 0 Å². The Morgan fingerprint density at radius 1 is 1.15 bits per heavy atom. The predicted molar refractivity (Wildman–Crippen MR) is 52.2 cm³/mol. The molecule has 0 aromatic rings. The number of aliphatic imine (C=N–C) groups is 2. The highest BCUT2D eigenvalue weighted by atomic mass is 15.3. The van der Waals surface area contributed by atoms with E-state index in [1.54, 1.807) is 0 Å². The molecule has 0 fully saturated rings. The topological polar surface area (TPSA) is 28.0 Å². The first-order valence-electron chi connectivity index (χ1n) is 4.12. The molecule has 0 amide bonds. The molecule has 0 aromatic carbocycles. The third-order valence-corrected chi connectivity index (χ3v) is 2.11. The van der Waals surface area contributed by atoms with Gasteiger partial charge < -0.3 is 0 Å². The van der Waals surface area contributed by atoms with Crippen LogP contribution in [0.25, 0.3) is 0 Å². The van der Waals surface area contributed by atoms with Crippen molar-refractivity contribution in [3.8, 4) is 0 Å². The molecule has 0 saturated carbocycles. The van der Waals surface area contributed by atoms with Crippen molar-refractivity contribution in [1.29, 1.82) is 0 Å². The summed E-state index contributed by atoms with van der Waals surface area (Å²) in [7, 11) is 0.